The first-order chi connectivity index (χ1) is 15.0. The van der Waals surface area contributed by atoms with Crippen LogP contribution in [0.5, 0.6) is 0 Å². The van der Waals surface area contributed by atoms with Crippen LogP contribution in [0.3, 0.4) is 0 Å². The predicted octanol–water partition coefficient (Wildman–Crippen LogP) is 4.05. The molecule has 7 heteroatoms. The number of piperazine rings is 1. The number of nitrogens with one attached hydrogen (secondary N) is 2. The molecule has 164 valence electrons. The fraction of sp³-hybridized carbons (Fsp3) is 0.417. The second-order valence-electron chi connectivity index (χ2n) is 8.04. The molecule has 3 rings (SSSR count). The second kappa shape index (κ2) is 11.2. The number of anilines is 1. The molecular formula is C24H29FN4OS. The number of amides is 1. The fourth-order valence-corrected chi connectivity index (χ4v) is 4.91. The van der Waals surface area contributed by atoms with Gasteiger partial charge in [0.2, 0.25) is 5.91 Å². The Balaban J connectivity index is 1.70. The number of rotatable bonds is 8. The summed E-state index contributed by atoms with van der Waals surface area (Å²) in [5, 5.41) is 14.4. The molecule has 0 aromatic heterocycles. The van der Waals surface area contributed by atoms with E-state index in [9.17, 15) is 9.18 Å². The van der Waals surface area contributed by atoms with Crippen molar-refractivity contribution in [3.05, 3.63) is 48.3 Å². The highest BCUT2D eigenvalue weighted by Crippen LogP contribution is 2.31. The van der Waals surface area contributed by atoms with Gasteiger partial charge in [-0.25, -0.2) is 4.39 Å². The topological polar surface area (TPSA) is 68.2 Å². The van der Waals surface area contributed by atoms with Crippen LogP contribution in [-0.4, -0.2) is 43.9 Å². The molecule has 1 aliphatic rings. The highest BCUT2D eigenvalue weighted by atomic mass is 32.2. The lowest BCUT2D eigenvalue weighted by molar-refractivity contribution is -0.120. The highest BCUT2D eigenvalue weighted by Gasteiger charge is 2.21. The molecule has 0 radical (unpaired) electrons. The summed E-state index contributed by atoms with van der Waals surface area (Å²) in [7, 11) is 0. The van der Waals surface area contributed by atoms with E-state index in [1.54, 1.807) is 6.07 Å². The largest absolute Gasteiger partial charge is 0.367 e. The van der Waals surface area contributed by atoms with Gasteiger partial charge in [-0.2, -0.15) is 5.26 Å². The van der Waals surface area contributed by atoms with Gasteiger partial charge in [0.05, 0.1) is 17.0 Å². The number of benzene rings is 2. The first-order valence-corrected chi connectivity index (χ1v) is 11.5. The van der Waals surface area contributed by atoms with Crippen molar-refractivity contribution in [2.24, 2.45) is 5.92 Å². The molecule has 0 bridgehead atoms. The first kappa shape index (κ1) is 23.1. The number of thioether (sulfide) groups is 1. The number of nitrogens with zero attached hydrogens (tertiary/aromatic N) is 2. The molecule has 2 aromatic rings. The Morgan fingerprint density at radius 2 is 1.87 bits per heavy atom. The molecule has 5 nitrogen and oxygen atoms in total. The van der Waals surface area contributed by atoms with Gasteiger partial charge in [0.1, 0.15) is 12.4 Å². The van der Waals surface area contributed by atoms with Crippen LogP contribution in [0.2, 0.25) is 0 Å². The molecule has 31 heavy (non-hydrogen) atoms. The Bertz CT molecular complexity index is 920. The summed E-state index contributed by atoms with van der Waals surface area (Å²) in [6.45, 7) is 7.52. The van der Waals surface area contributed by atoms with E-state index in [2.05, 4.69) is 29.4 Å². The summed E-state index contributed by atoms with van der Waals surface area (Å²) >= 11 is 1.50. The SMILES string of the molecule is CC(C)CC(Sc1ccc(-c2ccc(N3CCNCC3)c(F)c2)cc1)C(=O)NCC#N. The minimum absolute atomic E-state index is 0.0163. The quantitative estimate of drug-likeness (QED) is 0.479. The first-order valence-electron chi connectivity index (χ1n) is 10.6. The third-order valence-corrected chi connectivity index (χ3v) is 6.43. The van der Waals surface area contributed by atoms with Gasteiger partial charge >= 0.3 is 0 Å². The van der Waals surface area contributed by atoms with Crippen LogP contribution >= 0.6 is 11.8 Å². The molecule has 0 aliphatic carbocycles. The van der Waals surface area contributed by atoms with Gasteiger partial charge in [0.15, 0.2) is 0 Å². The molecule has 2 aromatic carbocycles. The molecule has 0 saturated carbocycles. The summed E-state index contributed by atoms with van der Waals surface area (Å²) < 4.78 is 14.8. The van der Waals surface area contributed by atoms with Gasteiger partial charge in [-0.3, -0.25) is 4.79 Å². The fourth-order valence-electron chi connectivity index (χ4n) is 3.62. The molecule has 1 fully saturated rings. The Morgan fingerprint density at radius 1 is 1.19 bits per heavy atom. The maximum atomic E-state index is 14.8. The molecule has 0 spiro atoms. The average Bonchev–Trinajstić information content (AvgIpc) is 2.77. The van der Waals surface area contributed by atoms with Crippen molar-refractivity contribution >= 4 is 23.4 Å². The van der Waals surface area contributed by atoms with Gasteiger partial charge in [-0.15, -0.1) is 11.8 Å². The lowest BCUT2D eigenvalue weighted by Gasteiger charge is -2.29. The normalized spacial score (nSPS) is 14.9. The molecular weight excluding hydrogens is 411 g/mol. The Kier molecular flexibility index (Phi) is 8.33. The standard InChI is InChI=1S/C24H29FN4OS/c1-17(2)15-23(24(30)28-10-9-26)31-20-6-3-18(4-7-20)19-5-8-22(21(25)16-19)29-13-11-27-12-14-29/h3-8,16-17,23,27H,10-15H2,1-2H3,(H,28,30). The van der Waals surface area contributed by atoms with Gasteiger partial charge in [-0.1, -0.05) is 32.0 Å². The van der Waals surface area contributed by atoms with Crippen LogP contribution < -0.4 is 15.5 Å². The van der Waals surface area contributed by atoms with E-state index >= 15 is 0 Å². The number of hydrogen-bond acceptors (Lipinski definition) is 5. The molecule has 2 N–H and O–H groups in total. The minimum atomic E-state index is -0.255. The van der Waals surface area contributed by atoms with Crippen molar-refractivity contribution in [3.8, 4) is 17.2 Å². The number of hydrogen-bond donors (Lipinski definition) is 2. The van der Waals surface area contributed by atoms with Crippen molar-refractivity contribution < 1.29 is 9.18 Å². The summed E-state index contributed by atoms with van der Waals surface area (Å²) in [6, 6.07) is 15.2. The molecule has 1 unspecified atom stereocenters. The third-order valence-electron chi connectivity index (χ3n) is 5.19. The van der Waals surface area contributed by atoms with E-state index < -0.39 is 0 Å². The molecule has 1 atom stereocenters. The zero-order chi connectivity index (χ0) is 22.2. The molecule has 1 aliphatic heterocycles. The van der Waals surface area contributed by atoms with Crippen molar-refractivity contribution in [1.82, 2.24) is 10.6 Å². The van der Waals surface area contributed by atoms with Crippen LogP contribution in [0.1, 0.15) is 20.3 Å². The number of carbonyl (C=O) groups is 1. The second-order valence-corrected chi connectivity index (χ2v) is 9.32. The van der Waals surface area contributed by atoms with Crippen LogP contribution in [0.25, 0.3) is 11.1 Å². The zero-order valence-corrected chi connectivity index (χ0v) is 18.8. The van der Waals surface area contributed by atoms with E-state index in [0.717, 1.165) is 48.6 Å². The number of carbonyl (C=O) groups excluding carboxylic acids is 1. The lowest BCUT2D eigenvalue weighted by Crippen LogP contribution is -2.43. The molecule has 1 saturated heterocycles. The summed E-state index contributed by atoms with van der Waals surface area (Å²) in [6.07, 6.45) is 0.725. The van der Waals surface area contributed by atoms with Crippen molar-refractivity contribution in [3.63, 3.8) is 0 Å². The van der Waals surface area contributed by atoms with E-state index in [-0.39, 0.29) is 23.5 Å². The monoisotopic (exact) mass is 440 g/mol. The zero-order valence-electron chi connectivity index (χ0n) is 18.0. The maximum Gasteiger partial charge on any atom is 0.234 e. The third kappa shape index (κ3) is 6.46. The van der Waals surface area contributed by atoms with Crippen molar-refractivity contribution in [2.75, 3.05) is 37.6 Å². The van der Waals surface area contributed by atoms with E-state index in [0.29, 0.717) is 11.6 Å². The smallest absolute Gasteiger partial charge is 0.234 e. The Morgan fingerprint density at radius 3 is 2.48 bits per heavy atom. The average molecular weight is 441 g/mol. The number of halogens is 1. The van der Waals surface area contributed by atoms with Crippen LogP contribution in [-0.2, 0) is 4.79 Å². The summed E-state index contributed by atoms with van der Waals surface area (Å²) in [5.41, 5.74) is 2.42. The molecule has 1 heterocycles. The molecule has 1 amide bonds. The lowest BCUT2D eigenvalue weighted by atomic mass is 10.0. The maximum absolute atomic E-state index is 14.8. The van der Waals surface area contributed by atoms with E-state index in [4.69, 9.17) is 5.26 Å². The summed E-state index contributed by atoms with van der Waals surface area (Å²) in [4.78, 5) is 15.4. The van der Waals surface area contributed by atoms with Crippen LogP contribution in [0.15, 0.2) is 47.4 Å². The predicted molar refractivity (Wildman–Crippen MR) is 125 cm³/mol. The summed E-state index contributed by atoms with van der Waals surface area (Å²) in [5.74, 6) is 0.0423. The van der Waals surface area contributed by atoms with Gasteiger partial charge in [-0.05, 0) is 47.7 Å². The van der Waals surface area contributed by atoms with Crippen molar-refractivity contribution in [2.45, 2.75) is 30.4 Å². The minimum Gasteiger partial charge on any atom is -0.367 e. The van der Waals surface area contributed by atoms with E-state index in [1.165, 1.54) is 11.8 Å². The number of nitriles is 1. The highest BCUT2D eigenvalue weighted by molar-refractivity contribution is 8.00. The van der Waals surface area contributed by atoms with Crippen LogP contribution in [0.4, 0.5) is 10.1 Å². The Hall–Kier alpha value is -2.56. The van der Waals surface area contributed by atoms with Crippen LogP contribution in [0, 0.1) is 23.1 Å². The Labute approximate surface area is 188 Å². The van der Waals surface area contributed by atoms with Gasteiger partial charge < -0.3 is 15.5 Å². The van der Waals surface area contributed by atoms with Gasteiger partial charge in [0, 0.05) is 31.1 Å². The van der Waals surface area contributed by atoms with E-state index in [1.807, 2.05) is 42.5 Å². The van der Waals surface area contributed by atoms with Gasteiger partial charge in [0.25, 0.3) is 0 Å². The van der Waals surface area contributed by atoms with Crippen molar-refractivity contribution in [1.29, 1.82) is 5.26 Å².